The third-order valence-corrected chi connectivity index (χ3v) is 5.79. The van der Waals surface area contributed by atoms with E-state index in [1.165, 1.54) is 10.4 Å². The molecule has 1 aromatic heterocycles. The maximum Gasteiger partial charge on any atom is 0.239 e. The first kappa shape index (κ1) is 13.0. The Morgan fingerprint density at radius 1 is 1.53 bits per heavy atom. The minimum absolute atomic E-state index is 0.0115. The van der Waals surface area contributed by atoms with Gasteiger partial charge >= 0.3 is 0 Å². The van der Waals surface area contributed by atoms with Gasteiger partial charge in [0.1, 0.15) is 11.9 Å². The van der Waals surface area contributed by atoms with Crippen LogP contribution >= 0.6 is 23.1 Å². The van der Waals surface area contributed by atoms with E-state index in [0.717, 1.165) is 12.8 Å². The minimum Gasteiger partial charge on any atom is -0.352 e. The fraction of sp³-hybridized carbons (Fsp3) is 0.538. The second-order valence-corrected chi connectivity index (χ2v) is 7.01. The molecule has 2 aliphatic rings. The summed E-state index contributed by atoms with van der Waals surface area (Å²) in [7, 11) is 0. The summed E-state index contributed by atoms with van der Waals surface area (Å²) in [5, 5.41) is 4.99. The largest absolute Gasteiger partial charge is 0.352 e. The number of carbonyl (C=O) groups is 2. The van der Waals surface area contributed by atoms with Crippen LogP contribution in [0.2, 0.25) is 0 Å². The SMILES string of the molecule is Cc1ccsc1[C@H]1SCC(=O)N1CC(=O)NC1CC1. The molecule has 2 fully saturated rings. The first-order chi connectivity index (χ1) is 9.15. The molecule has 1 aliphatic heterocycles. The maximum absolute atomic E-state index is 12.0. The van der Waals surface area contributed by atoms with Crippen LogP contribution in [0.25, 0.3) is 0 Å². The Kier molecular flexibility index (Phi) is 3.54. The van der Waals surface area contributed by atoms with Gasteiger partial charge in [-0.25, -0.2) is 0 Å². The Hall–Kier alpha value is -1.01. The summed E-state index contributed by atoms with van der Waals surface area (Å²) in [6.45, 7) is 2.24. The van der Waals surface area contributed by atoms with Gasteiger partial charge in [0.15, 0.2) is 0 Å². The van der Waals surface area contributed by atoms with Gasteiger partial charge in [0, 0.05) is 10.9 Å². The molecule has 0 radical (unpaired) electrons. The number of thioether (sulfide) groups is 1. The van der Waals surface area contributed by atoms with Gasteiger partial charge in [-0.1, -0.05) is 0 Å². The summed E-state index contributed by atoms with van der Waals surface area (Å²) in [5.41, 5.74) is 1.20. The van der Waals surface area contributed by atoms with Crippen molar-refractivity contribution < 1.29 is 9.59 Å². The molecule has 1 N–H and O–H groups in total. The lowest BCUT2D eigenvalue weighted by molar-refractivity contribution is -0.133. The zero-order valence-electron chi connectivity index (χ0n) is 10.7. The van der Waals surface area contributed by atoms with Crippen LogP contribution in [0.15, 0.2) is 11.4 Å². The number of nitrogens with zero attached hydrogens (tertiary/aromatic N) is 1. The lowest BCUT2D eigenvalue weighted by atomic mass is 10.2. The van der Waals surface area contributed by atoms with E-state index in [-0.39, 0.29) is 23.7 Å². The predicted octanol–water partition coefficient (Wildman–Crippen LogP) is 1.91. The summed E-state index contributed by atoms with van der Waals surface area (Å²) < 4.78 is 0. The van der Waals surface area contributed by atoms with Crippen LogP contribution in [-0.4, -0.2) is 35.1 Å². The Morgan fingerprint density at radius 3 is 2.95 bits per heavy atom. The Labute approximate surface area is 120 Å². The lowest BCUT2D eigenvalue weighted by Crippen LogP contribution is -2.40. The minimum atomic E-state index is -0.0300. The Balaban J connectivity index is 1.71. The van der Waals surface area contributed by atoms with E-state index in [1.54, 1.807) is 28.0 Å². The molecule has 0 unspecified atom stereocenters. The van der Waals surface area contributed by atoms with Crippen LogP contribution in [-0.2, 0) is 9.59 Å². The molecule has 1 aliphatic carbocycles. The predicted molar refractivity (Wildman–Crippen MR) is 77.1 cm³/mol. The number of rotatable bonds is 4. The molecule has 1 aromatic rings. The standard InChI is InChI=1S/C13H16N2O2S2/c1-8-4-5-18-12(8)13-15(11(17)7-19-13)6-10(16)14-9-2-3-9/h4-5,9,13H,2-3,6-7H2,1H3,(H,14,16)/t13-/m1/s1. The smallest absolute Gasteiger partial charge is 0.239 e. The molecule has 1 atom stereocenters. The second kappa shape index (κ2) is 5.17. The van der Waals surface area contributed by atoms with Crippen LogP contribution in [0.5, 0.6) is 0 Å². The van der Waals surface area contributed by atoms with Gasteiger partial charge in [-0.15, -0.1) is 23.1 Å². The van der Waals surface area contributed by atoms with Crippen molar-refractivity contribution in [2.75, 3.05) is 12.3 Å². The van der Waals surface area contributed by atoms with E-state index in [4.69, 9.17) is 0 Å². The van der Waals surface area contributed by atoms with Gasteiger partial charge in [0.05, 0.1) is 5.75 Å². The highest BCUT2D eigenvalue weighted by Crippen LogP contribution is 2.42. The Bertz CT molecular complexity index is 510. The molecule has 2 heterocycles. The normalized spacial score (nSPS) is 22.9. The van der Waals surface area contributed by atoms with E-state index in [1.807, 2.05) is 5.38 Å². The van der Waals surface area contributed by atoms with Crippen molar-refractivity contribution in [1.29, 1.82) is 0 Å². The van der Waals surface area contributed by atoms with Gasteiger partial charge in [0.2, 0.25) is 11.8 Å². The van der Waals surface area contributed by atoms with Crippen molar-refractivity contribution >= 4 is 34.9 Å². The zero-order chi connectivity index (χ0) is 13.4. The molecule has 102 valence electrons. The summed E-state index contributed by atoms with van der Waals surface area (Å²) in [6.07, 6.45) is 2.14. The number of carbonyl (C=O) groups excluding carboxylic acids is 2. The van der Waals surface area contributed by atoms with Crippen molar-refractivity contribution in [2.24, 2.45) is 0 Å². The first-order valence-electron chi connectivity index (χ1n) is 6.39. The highest BCUT2D eigenvalue weighted by Gasteiger charge is 2.36. The first-order valence-corrected chi connectivity index (χ1v) is 8.32. The van der Waals surface area contributed by atoms with E-state index in [0.29, 0.717) is 11.8 Å². The molecule has 6 heteroatoms. The molecule has 0 bridgehead atoms. The van der Waals surface area contributed by atoms with Crippen LogP contribution in [0.4, 0.5) is 0 Å². The van der Waals surface area contributed by atoms with Crippen LogP contribution in [0.3, 0.4) is 0 Å². The monoisotopic (exact) mass is 296 g/mol. The number of aryl methyl sites for hydroxylation is 1. The fourth-order valence-electron chi connectivity index (χ4n) is 2.14. The molecular weight excluding hydrogens is 280 g/mol. The molecular formula is C13H16N2O2S2. The number of hydrogen-bond acceptors (Lipinski definition) is 4. The Morgan fingerprint density at radius 2 is 2.32 bits per heavy atom. The van der Waals surface area contributed by atoms with Crippen LogP contribution in [0.1, 0.15) is 28.7 Å². The van der Waals surface area contributed by atoms with Crippen LogP contribution in [0, 0.1) is 6.92 Å². The van der Waals surface area contributed by atoms with E-state index in [9.17, 15) is 9.59 Å². The highest BCUT2D eigenvalue weighted by atomic mass is 32.2. The van der Waals surface area contributed by atoms with Crippen molar-refractivity contribution in [1.82, 2.24) is 10.2 Å². The summed E-state index contributed by atoms with van der Waals surface area (Å²) in [4.78, 5) is 26.7. The number of hydrogen-bond donors (Lipinski definition) is 1. The van der Waals surface area contributed by atoms with E-state index in [2.05, 4.69) is 18.3 Å². The average Bonchev–Trinajstić information content (AvgIpc) is 2.97. The van der Waals surface area contributed by atoms with Crippen molar-refractivity contribution in [3.8, 4) is 0 Å². The summed E-state index contributed by atoms with van der Waals surface area (Å²) >= 11 is 3.27. The van der Waals surface area contributed by atoms with Gasteiger partial charge in [-0.2, -0.15) is 0 Å². The van der Waals surface area contributed by atoms with Crippen molar-refractivity contribution in [3.05, 3.63) is 21.9 Å². The fourth-order valence-corrected chi connectivity index (χ4v) is 4.60. The van der Waals surface area contributed by atoms with E-state index >= 15 is 0 Å². The summed E-state index contributed by atoms with van der Waals surface area (Å²) in [6, 6.07) is 2.41. The van der Waals surface area contributed by atoms with Gasteiger partial charge in [-0.05, 0) is 36.8 Å². The van der Waals surface area contributed by atoms with Crippen LogP contribution < -0.4 is 5.32 Å². The number of nitrogens with one attached hydrogen (secondary N) is 1. The quantitative estimate of drug-likeness (QED) is 0.923. The zero-order valence-corrected chi connectivity index (χ0v) is 12.4. The molecule has 19 heavy (non-hydrogen) atoms. The third kappa shape index (κ3) is 2.79. The van der Waals surface area contributed by atoms with Crippen molar-refractivity contribution in [2.45, 2.75) is 31.2 Å². The number of amides is 2. The third-order valence-electron chi connectivity index (χ3n) is 3.35. The molecule has 2 amide bonds. The summed E-state index contributed by atoms with van der Waals surface area (Å²) in [5.74, 6) is 0.505. The topological polar surface area (TPSA) is 49.4 Å². The molecule has 1 saturated heterocycles. The van der Waals surface area contributed by atoms with Gasteiger partial charge in [-0.3, -0.25) is 9.59 Å². The van der Waals surface area contributed by atoms with E-state index < -0.39 is 0 Å². The second-order valence-electron chi connectivity index (χ2n) is 4.99. The molecule has 4 nitrogen and oxygen atoms in total. The molecule has 0 aromatic carbocycles. The molecule has 1 saturated carbocycles. The van der Waals surface area contributed by atoms with Gasteiger partial charge < -0.3 is 10.2 Å². The molecule has 0 spiro atoms. The molecule has 3 rings (SSSR count). The van der Waals surface area contributed by atoms with Crippen molar-refractivity contribution in [3.63, 3.8) is 0 Å². The average molecular weight is 296 g/mol. The maximum atomic E-state index is 12.0. The van der Waals surface area contributed by atoms with Gasteiger partial charge in [0.25, 0.3) is 0 Å². The lowest BCUT2D eigenvalue weighted by Gasteiger charge is -2.23. The number of thiophene rings is 1. The highest BCUT2D eigenvalue weighted by molar-refractivity contribution is 8.00.